The Morgan fingerprint density at radius 3 is 2.50 bits per heavy atom. The predicted octanol–water partition coefficient (Wildman–Crippen LogP) is 7.43. The van der Waals surface area contributed by atoms with Gasteiger partial charge in [-0.3, -0.25) is 4.79 Å². The van der Waals surface area contributed by atoms with E-state index in [0.29, 0.717) is 30.4 Å². The van der Waals surface area contributed by atoms with Crippen LogP contribution in [-0.2, 0) is 10.2 Å². The van der Waals surface area contributed by atoms with Gasteiger partial charge in [0.25, 0.3) is 0 Å². The van der Waals surface area contributed by atoms with Crippen LogP contribution in [-0.4, -0.2) is 32.9 Å². The van der Waals surface area contributed by atoms with Gasteiger partial charge < -0.3 is 20.3 Å². The molecule has 2 unspecified atom stereocenters. The molecule has 1 aromatic rings. The Morgan fingerprint density at radius 1 is 1.10 bits per heavy atom. The van der Waals surface area contributed by atoms with E-state index in [2.05, 4.69) is 52.1 Å². The summed E-state index contributed by atoms with van der Waals surface area (Å²) in [5, 5.41) is 26.1. The quantitative estimate of drug-likeness (QED) is 0.295. The molecule has 1 aromatic carbocycles. The highest BCUT2D eigenvalue weighted by atomic mass is 16.5. The monoisotopic (exact) mass is 549 g/mol. The van der Waals surface area contributed by atoms with Gasteiger partial charge in [0.05, 0.1) is 5.60 Å². The number of allylic oxidation sites excluding steroid dienone is 1. The number of carbonyl (C=O) groups excluding carboxylic acids is 1. The van der Waals surface area contributed by atoms with E-state index in [-0.39, 0.29) is 28.7 Å². The molecule has 5 heteroatoms. The third kappa shape index (κ3) is 4.99. The van der Waals surface area contributed by atoms with Gasteiger partial charge in [-0.2, -0.15) is 0 Å². The lowest BCUT2D eigenvalue weighted by molar-refractivity contribution is -0.149. The van der Waals surface area contributed by atoms with Crippen molar-refractivity contribution in [3.63, 3.8) is 0 Å². The van der Waals surface area contributed by atoms with E-state index in [1.54, 1.807) is 0 Å². The molecule has 4 bridgehead atoms. The minimum atomic E-state index is -0.597. The fourth-order valence-corrected chi connectivity index (χ4v) is 9.79. The number of benzene rings is 1. The minimum Gasteiger partial charge on any atom is -0.508 e. The molecule has 4 saturated carbocycles. The lowest BCUT2D eigenvalue weighted by Crippen LogP contribution is -2.65. The summed E-state index contributed by atoms with van der Waals surface area (Å²) < 4.78 is 6.63. The smallest absolute Gasteiger partial charge is 0.247 e. The highest BCUT2D eigenvalue weighted by Gasteiger charge is 2.58. The SMILES string of the molecule is CCCCCCC(C)(C)c1cc(O)c2c(c1)OC(C)(C)[C@@H]1CC=C(C(=O)NC34CC5CC(CC(O)(C5)C3)C4)C[C@@H]21. The molecule has 1 aliphatic heterocycles. The summed E-state index contributed by atoms with van der Waals surface area (Å²) in [6, 6.07) is 4.13. The Bertz CT molecular complexity index is 1180. The Balaban J connectivity index is 1.23. The number of carbonyl (C=O) groups is 1. The number of hydrogen-bond donors (Lipinski definition) is 3. The van der Waals surface area contributed by atoms with Crippen LogP contribution in [0.3, 0.4) is 0 Å². The Labute approximate surface area is 241 Å². The van der Waals surface area contributed by atoms with E-state index < -0.39 is 11.2 Å². The first kappa shape index (κ1) is 28.1. The summed E-state index contributed by atoms with van der Waals surface area (Å²) in [5.74, 6) is 2.40. The molecular weight excluding hydrogens is 498 g/mol. The molecule has 7 rings (SSSR count). The van der Waals surface area contributed by atoms with Crippen LogP contribution in [0.15, 0.2) is 23.8 Å². The molecule has 5 aliphatic carbocycles. The normalized spacial score (nSPS) is 35.4. The predicted molar refractivity (Wildman–Crippen MR) is 159 cm³/mol. The van der Waals surface area contributed by atoms with Crippen molar-refractivity contribution < 1.29 is 19.7 Å². The van der Waals surface area contributed by atoms with E-state index in [1.165, 1.54) is 32.1 Å². The van der Waals surface area contributed by atoms with Crippen LogP contribution in [0.4, 0.5) is 0 Å². The maximum atomic E-state index is 13.8. The average Bonchev–Trinajstić information content (AvgIpc) is 2.84. The van der Waals surface area contributed by atoms with Crippen molar-refractivity contribution in [2.24, 2.45) is 17.8 Å². The molecule has 220 valence electrons. The van der Waals surface area contributed by atoms with Crippen LogP contribution in [0.25, 0.3) is 0 Å². The Morgan fingerprint density at radius 2 is 1.82 bits per heavy atom. The van der Waals surface area contributed by atoms with Crippen LogP contribution >= 0.6 is 0 Å². The van der Waals surface area contributed by atoms with Crippen LogP contribution in [0.2, 0.25) is 0 Å². The van der Waals surface area contributed by atoms with Crippen LogP contribution in [0.5, 0.6) is 11.5 Å². The lowest BCUT2D eigenvalue weighted by Gasteiger charge is -2.60. The first-order valence-electron chi connectivity index (χ1n) is 16.1. The molecule has 3 N–H and O–H groups in total. The highest BCUT2D eigenvalue weighted by Crippen LogP contribution is 2.58. The summed E-state index contributed by atoms with van der Waals surface area (Å²) in [5.41, 5.74) is 1.52. The highest BCUT2D eigenvalue weighted by molar-refractivity contribution is 5.94. The maximum Gasteiger partial charge on any atom is 0.247 e. The van der Waals surface area contributed by atoms with Gasteiger partial charge in [-0.1, -0.05) is 52.5 Å². The molecule has 40 heavy (non-hydrogen) atoms. The van der Waals surface area contributed by atoms with Gasteiger partial charge in [-0.15, -0.1) is 0 Å². The van der Waals surface area contributed by atoms with E-state index in [9.17, 15) is 15.0 Å². The van der Waals surface area contributed by atoms with Crippen LogP contribution in [0.1, 0.15) is 135 Å². The van der Waals surface area contributed by atoms with Gasteiger partial charge in [-0.05, 0) is 107 Å². The van der Waals surface area contributed by atoms with Crippen molar-refractivity contribution in [1.82, 2.24) is 5.32 Å². The zero-order valence-electron chi connectivity index (χ0n) is 25.4. The zero-order valence-corrected chi connectivity index (χ0v) is 25.4. The minimum absolute atomic E-state index is 0.0270. The van der Waals surface area contributed by atoms with Crippen molar-refractivity contribution in [2.75, 3.05) is 0 Å². The number of nitrogens with one attached hydrogen (secondary N) is 1. The number of phenolic OH excluding ortho intramolecular Hbond substituents is 1. The standard InChI is InChI=1S/C35H51NO4/c1-6-7-8-9-12-32(2,3)25-15-28(37)30-26-14-24(10-11-27(26)33(4,5)40-29(30)16-25)31(38)36-34-17-22-13-23(18-34)20-35(39,19-22)21-34/h10,15-16,22-23,26-27,37,39H,6-9,11-14,17-21H2,1-5H3,(H,36,38)/t22?,23?,26-,27-,34?,35?/m1/s1. The molecule has 6 aliphatic rings. The number of unbranched alkanes of at least 4 members (excludes halogenated alkanes) is 3. The van der Waals surface area contributed by atoms with Gasteiger partial charge in [0.1, 0.15) is 17.1 Å². The first-order valence-corrected chi connectivity index (χ1v) is 16.1. The molecule has 0 radical (unpaired) electrons. The van der Waals surface area contributed by atoms with Crippen molar-refractivity contribution >= 4 is 5.91 Å². The fraction of sp³-hybridized carbons (Fsp3) is 0.743. The van der Waals surface area contributed by atoms with Gasteiger partial charge in [0.15, 0.2) is 0 Å². The number of aromatic hydroxyl groups is 1. The Hall–Kier alpha value is -2.01. The summed E-state index contributed by atoms with van der Waals surface area (Å²) in [6.45, 7) is 11.1. The van der Waals surface area contributed by atoms with Crippen molar-refractivity contribution in [3.8, 4) is 11.5 Å². The number of ether oxygens (including phenoxy) is 1. The van der Waals surface area contributed by atoms with Gasteiger partial charge in [-0.25, -0.2) is 0 Å². The zero-order chi connectivity index (χ0) is 28.5. The summed E-state index contributed by atoms with van der Waals surface area (Å²) in [4.78, 5) is 13.8. The average molecular weight is 550 g/mol. The van der Waals surface area contributed by atoms with Gasteiger partial charge in [0, 0.05) is 28.5 Å². The molecule has 5 nitrogen and oxygen atoms in total. The Kier molecular flexibility index (Phi) is 6.88. The number of aliphatic hydroxyl groups is 1. The lowest BCUT2D eigenvalue weighted by atomic mass is 9.51. The molecule has 0 aromatic heterocycles. The van der Waals surface area contributed by atoms with Gasteiger partial charge in [0.2, 0.25) is 5.91 Å². The molecule has 4 fully saturated rings. The third-order valence-electron chi connectivity index (χ3n) is 11.4. The van der Waals surface area contributed by atoms with E-state index in [1.807, 2.05) is 6.07 Å². The second-order valence-corrected chi connectivity index (χ2v) is 15.6. The molecular formula is C35H51NO4. The van der Waals surface area contributed by atoms with Crippen molar-refractivity contribution in [1.29, 1.82) is 0 Å². The van der Waals surface area contributed by atoms with Crippen LogP contribution in [0, 0.1) is 17.8 Å². The number of phenols is 1. The molecule has 0 spiro atoms. The van der Waals surface area contributed by atoms with E-state index in [4.69, 9.17) is 4.74 Å². The topological polar surface area (TPSA) is 78.8 Å². The van der Waals surface area contributed by atoms with Crippen molar-refractivity contribution in [2.45, 2.75) is 146 Å². The molecule has 4 atom stereocenters. The number of hydrogen-bond acceptors (Lipinski definition) is 4. The number of amides is 1. The van der Waals surface area contributed by atoms with Crippen molar-refractivity contribution in [3.05, 3.63) is 34.9 Å². The maximum absolute atomic E-state index is 13.8. The van der Waals surface area contributed by atoms with E-state index >= 15 is 0 Å². The van der Waals surface area contributed by atoms with Gasteiger partial charge >= 0.3 is 0 Å². The number of fused-ring (bicyclic) bond motifs is 3. The fourth-order valence-electron chi connectivity index (χ4n) is 9.79. The molecule has 1 heterocycles. The van der Waals surface area contributed by atoms with E-state index in [0.717, 1.165) is 61.0 Å². The largest absolute Gasteiger partial charge is 0.508 e. The summed E-state index contributed by atoms with van der Waals surface area (Å²) in [7, 11) is 0. The molecule has 1 amide bonds. The third-order valence-corrected chi connectivity index (χ3v) is 11.4. The van der Waals surface area contributed by atoms with Crippen LogP contribution < -0.4 is 10.1 Å². The summed E-state index contributed by atoms with van der Waals surface area (Å²) >= 11 is 0. The number of rotatable bonds is 8. The second-order valence-electron chi connectivity index (χ2n) is 15.6. The second kappa shape index (κ2) is 9.78. The first-order chi connectivity index (χ1) is 18.8. The summed E-state index contributed by atoms with van der Waals surface area (Å²) in [6.07, 6.45) is 15.2. The molecule has 0 saturated heterocycles.